The molecule has 0 saturated carbocycles. The molecule has 1 aromatic rings. The van der Waals surface area contributed by atoms with E-state index in [1.165, 1.54) is 5.57 Å². The van der Waals surface area contributed by atoms with E-state index in [2.05, 4.69) is 6.07 Å². The summed E-state index contributed by atoms with van der Waals surface area (Å²) in [6, 6.07) is 8.96. The number of benzene rings is 1. The Hall–Kier alpha value is -2.00. The van der Waals surface area contributed by atoms with Crippen molar-refractivity contribution in [1.82, 2.24) is 5.06 Å². The van der Waals surface area contributed by atoms with Crippen LogP contribution < -0.4 is 0 Å². The molecule has 1 fully saturated rings. The number of nitrogens with zero attached hydrogens (tertiary/aromatic N) is 2. The molecule has 2 N–H and O–H groups in total. The van der Waals surface area contributed by atoms with Crippen LogP contribution in [0.3, 0.4) is 0 Å². The second-order valence-corrected chi connectivity index (χ2v) is 7.40. The molecular weight excluding hydrogens is 314 g/mol. The molecule has 0 aromatic heterocycles. The number of hydrogen-bond donors (Lipinski definition) is 2. The minimum Gasteiger partial charge on any atom is -0.389 e. The summed E-state index contributed by atoms with van der Waals surface area (Å²) in [7, 11) is 0. The molecule has 0 aliphatic carbocycles. The van der Waals surface area contributed by atoms with Gasteiger partial charge in [-0.25, -0.2) is 0 Å². The van der Waals surface area contributed by atoms with E-state index in [9.17, 15) is 5.11 Å². The first-order valence-corrected chi connectivity index (χ1v) is 8.66. The van der Waals surface area contributed by atoms with Crippen LogP contribution in [0.2, 0.25) is 0 Å². The van der Waals surface area contributed by atoms with Gasteiger partial charge in [0.2, 0.25) is 0 Å². The first-order chi connectivity index (χ1) is 11.8. The van der Waals surface area contributed by atoms with Crippen molar-refractivity contribution in [3.63, 3.8) is 0 Å². The molecule has 5 nitrogen and oxygen atoms in total. The molecule has 1 atom stereocenters. The molecular formula is C20H27N3O2. The van der Waals surface area contributed by atoms with Gasteiger partial charge < -0.3 is 10.5 Å². The summed E-state index contributed by atoms with van der Waals surface area (Å²) in [5.41, 5.74) is 2.72. The van der Waals surface area contributed by atoms with Gasteiger partial charge in [-0.1, -0.05) is 23.8 Å². The van der Waals surface area contributed by atoms with E-state index in [-0.39, 0.29) is 12.0 Å². The Morgan fingerprint density at radius 3 is 2.44 bits per heavy atom. The summed E-state index contributed by atoms with van der Waals surface area (Å²) in [5.74, 6) is 0. The second kappa shape index (κ2) is 8.39. The maximum atomic E-state index is 10.3. The van der Waals surface area contributed by atoms with Crippen molar-refractivity contribution in [3.05, 3.63) is 47.0 Å². The van der Waals surface area contributed by atoms with Crippen molar-refractivity contribution in [2.24, 2.45) is 0 Å². The highest BCUT2D eigenvalue weighted by Gasteiger charge is 2.21. The fourth-order valence-electron chi connectivity index (χ4n) is 2.82. The lowest BCUT2D eigenvalue weighted by molar-refractivity contribution is -0.231. The lowest BCUT2D eigenvalue weighted by atomic mass is 9.98. The average molecular weight is 341 g/mol. The number of piperidine rings is 1. The van der Waals surface area contributed by atoms with E-state index in [0.29, 0.717) is 11.3 Å². The van der Waals surface area contributed by atoms with Crippen LogP contribution in [0.25, 0.3) is 0 Å². The van der Waals surface area contributed by atoms with Crippen molar-refractivity contribution < 1.29 is 9.94 Å². The molecule has 0 bridgehead atoms. The van der Waals surface area contributed by atoms with Crippen LogP contribution in [0.1, 0.15) is 51.2 Å². The molecule has 0 amide bonds. The largest absolute Gasteiger partial charge is 0.389 e. The molecule has 0 spiro atoms. The second-order valence-electron chi connectivity index (χ2n) is 7.40. The van der Waals surface area contributed by atoms with Gasteiger partial charge in [0.1, 0.15) is 0 Å². The van der Waals surface area contributed by atoms with Crippen LogP contribution in [0.4, 0.5) is 0 Å². The number of nitrogens with one attached hydrogen (secondary N) is 1. The van der Waals surface area contributed by atoms with Gasteiger partial charge in [-0.05, 0) is 51.3 Å². The van der Waals surface area contributed by atoms with Gasteiger partial charge in [-0.2, -0.15) is 10.3 Å². The lowest BCUT2D eigenvalue weighted by Gasteiger charge is -2.33. The summed E-state index contributed by atoms with van der Waals surface area (Å²) in [6.07, 6.45) is 3.24. The van der Waals surface area contributed by atoms with Crippen LogP contribution in [-0.4, -0.2) is 40.7 Å². The van der Waals surface area contributed by atoms with E-state index >= 15 is 0 Å². The Bertz CT molecular complexity index is 656. The third-order valence-corrected chi connectivity index (χ3v) is 3.97. The van der Waals surface area contributed by atoms with Crippen molar-refractivity contribution >= 4 is 5.71 Å². The van der Waals surface area contributed by atoms with E-state index in [4.69, 9.17) is 15.5 Å². The summed E-state index contributed by atoms with van der Waals surface area (Å²) in [4.78, 5) is 5.86. The highest BCUT2D eigenvalue weighted by atomic mass is 16.7. The Morgan fingerprint density at radius 2 is 1.92 bits per heavy atom. The Labute approximate surface area is 150 Å². The highest BCUT2D eigenvalue weighted by molar-refractivity contribution is 5.98. The molecule has 1 aliphatic rings. The van der Waals surface area contributed by atoms with Gasteiger partial charge in [-0.3, -0.25) is 4.84 Å². The molecule has 25 heavy (non-hydrogen) atoms. The van der Waals surface area contributed by atoms with E-state index < -0.39 is 6.10 Å². The average Bonchev–Trinajstić information content (AvgIpc) is 2.55. The number of aliphatic hydroxyl groups excluding tert-OH is 1. The van der Waals surface area contributed by atoms with Crippen LogP contribution in [-0.2, 0) is 4.84 Å². The first-order valence-electron chi connectivity index (χ1n) is 8.66. The van der Waals surface area contributed by atoms with Crippen LogP contribution >= 0.6 is 0 Å². The maximum Gasteiger partial charge on any atom is 0.0991 e. The standard InChI is InChI=1S/C20H27N3O2/c1-20(2,3)25-23-10-8-15(9-11-23)12-18(24)13-19(22)17-6-4-16(14-21)5-7-17/h4-7,12,18,22,24H,8-11,13H2,1-3H3. The predicted molar refractivity (Wildman–Crippen MR) is 98.3 cm³/mol. The molecule has 1 aliphatic heterocycles. The van der Waals surface area contributed by atoms with Crippen LogP contribution in [0.15, 0.2) is 35.9 Å². The van der Waals surface area contributed by atoms with Crippen molar-refractivity contribution in [3.8, 4) is 6.07 Å². The first kappa shape index (κ1) is 19.3. The summed E-state index contributed by atoms with van der Waals surface area (Å²) >= 11 is 0. The molecule has 1 saturated heterocycles. The Kier molecular flexibility index (Phi) is 6.49. The number of hydroxylamine groups is 2. The van der Waals surface area contributed by atoms with E-state index in [0.717, 1.165) is 31.5 Å². The molecule has 134 valence electrons. The zero-order valence-corrected chi connectivity index (χ0v) is 15.2. The van der Waals surface area contributed by atoms with Gasteiger partial charge in [0, 0.05) is 25.2 Å². The fourth-order valence-corrected chi connectivity index (χ4v) is 2.82. The Morgan fingerprint density at radius 1 is 1.32 bits per heavy atom. The summed E-state index contributed by atoms with van der Waals surface area (Å²) in [6.45, 7) is 7.76. The van der Waals surface area contributed by atoms with Gasteiger partial charge in [0.05, 0.1) is 23.3 Å². The predicted octanol–water partition coefficient (Wildman–Crippen LogP) is 3.43. The topological polar surface area (TPSA) is 80.3 Å². The Balaban J connectivity index is 1.85. The molecule has 0 radical (unpaired) electrons. The van der Waals surface area contributed by atoms with Gasteiger partial charge in [0.25, 0.3) is 0 Å². The summed E-state index contributed by atoms with van der Waals surface area (Å²) in [5, 5.41) is 29.2. The number of hydrogen-bond acceptors (Lipinski definition) is 5. The fraction of sp³-hybridized carbons (Fsp3) is 0.500. The third-order valence-electron chi connectivity index (χ3n) is 3.97. The zero-order valence-electron chi connectivity index (χ0n) is 15.2. The lowest BCUT2D eigenvalue weighted by Crippen LogP contribution is -2.38. The van der Waals surface area contributed by atoms with Crippen LogP contribution in [0.5, 0.6) is 0 Å². The number of nitriles is 1. The van der Waals surface area contributed by atoms with Gasteiger partial charge in [0.15, 0.2) is 0 Å². The quantitative estimate of drug-likeness (QED) is 0.635. The van der Waals surface area contributed by atoms with Crippen molar-refractivity contribution in [2.75, 3.05) is 13.1 Å². The molecule has 1 unspecified atom stereocenters. The molecule has 5 heteroatoms. The van der Waals surface area contributed by atoms with Crippen molar-refractivity contribution in [1.29, 1.82) is 10.7 Å². The van der Waals surface area contributed by atoms with E-state index in [1.807, 2.05) is 31.9 Å². The molecule has 1 aromatic carbocycles. The SMILES string of the molecule is CC(C)(C)ON1CCC(=CC(O)CC(=N)c2ccc(C#N)cc2)CC1. The van der Waals surface area contributed by atoms with Gasteiger partial charge >= 0.3 is 0 Å². The van der Waals surface area contributed by atoms with Crippen LogP contribution in [0, 0.1) is 16.7 Å². The third kappa shape index (κ3) is 6.43. The van der Waals surface area contributed by atoms with E-state index in [1.54, 1.807) is 24.3 Å². The monoisotopic (exact) mass is 341 g/mol. The maximum absolute atomic E-state index is 10.3. The summed E-state index contributed by atoms with van der Waals surface area (Å²) < 4.78 is 0. The molecule has 1 heterocycles. The highest BCUT2D eigenvalue weighted by Crippen LogP contribution is 2.21. The zero-order chi connectivity index (χ0) is 18.4. The minimum atomic E-state index is -0.659. The minimum absolute atomic E-state index is 0.184. The number of aliphatic hydroxyl groups is 1. The molecule has 2 rings (SSSR count). The normalized spacial score (nSPS) is 17.0. The van der Waals surface area contributed by atoms with Gasteiger partial charge in [-0.15, -0.1) is 0 Å². The number of rotatable bonds is 5. The van der Waals surface area contributed by atoms with Crippen molar-refractivity contribution in [2.45, 2.75) is 51.7 Å². The smallest absolute Gasteiger partial charge is 0.0991 e.